The van der Waals surface area contributed by atoms with Crippen LogP contribution in [0, 0.1) is 0 Å². The SMILES string of the molecule is CCc1c(CC)c(-c2ccc(O[P+](=O)O)cc2)c(CC)c(CC)c1O[P+](=O)O. The van der Waals surface area contributed by atoms with Crippen LogP contribution in [0.1, 0.15) is 49.9 Å². The minimum atomic E-state index is -2.75. The minimum Gasteiger partial charge on any atom is -0.229 e. The van der Waals surface area contributed by atoms with E-state index in [-0.39, 0.29) is 0 Å². The van der Waals surface area contributed by atoms with Gasteiger partial charge in [-0.15, -0.1) is 9.79 Å². The van der Waals surface area contributed by atoms with Gasteiger partial charge in [0, 0.05) is 20.3 Å². The van der Waals surface area contributed by atoms with Gasteiger partial charge in [-0.05, 0) is 60.1 Å². The Morgan fingerprint density at radius 3 is 1.50 bits per heavy atom. The lowest BCUT2D eigenvalue weighted by Gasteiger charge is -2.22. The summed E-state index contributed by atoms with van der Waals surface area (Å²) in [5.41, 5.74) is 6.14. The Morgan fingerprint density at radius 2 is 1.14 bits per heavy atom. The zero-order chi connectivity index (χ0) is 20.8. The topological polar surface area (TPSA) is 93.1 Å². The molecule has 0 aliphatic rings. The molecule has 2 aromatic rings. The first-order valence-electron chi connectivity index (χ1n) is 9.35. The van der Waals surface area contributed by atoms with Crippen LogP contribution in [-0.2, 0) is 34.8 Å². The van der Waals surface area contributed by atoms with Gasteiger partial charge in [0.15, 0.2) is 11.5 Å². The maximum atomic E-state index is 11.5. The molecule has 0 aliphatic heterocycles. The van der Waals surface area contributed by atoms with Crippen LogP contribution in [0.25, 0.3) is 11.1 Å². The maximum absolute atomic E-state index is 11.5. The molecule has 0 aromatic heterocycles. The average Bonchev–Trinajstić information content (AvgIpc) is 2.66. The van der Waals surface area contributed by atoms with E-state index in [9.17, 15) is 14.0 Å². The Balaban J connectivity index is 2.78. The Bertz CT molecular complexity index is 844. The summed E-state index contributed by atoms with van der Waals surface area (Å²) in [4.78, 5) is 18.3. The van der Waals surface area contributed by atoms with E-state index in [1.807, 2.05) is 26.0 Å². The highest BCUT2D eigenvalue weighted by Crippen LogP contribution is 2.43. The summed E-state index contributed by atoms with van der Waals surface area (Å²) in [6, 6.07) is 7.08. The zero-order valence-corrected chi connectivity index (χ0v) is 18.3. The normalized spacial score (nSPS) is 11.9. The minimum absolute atomic E-state index is 0.326. The molecule has 0 aliphatic carbocycles. The van der Waals surface area contributed by atoms with Gasteiger partial charge in [-0.1, -0.05) is 39.8 Å². The van der Waals surface area contributed by atoms with E-state index in [4.69, 9.17) is 13.9 Å². The van der Waals surface area contributed by atoms with E-state index in [0.717, 1.165) is 46.2 Å². The standard InChI is InChI=1S/C20H24O6P2/c1-5-15-17(7-3)20(26-28(23)24)18(8-4)16(6-2)19(15)13-9-11-14(12-10-13)25-27(21)22/h9-12H,5-8H2,1-4H3/p+2. The van der Waals surface area contributed by atoms with Crippen LogP contribution in [0.15, 0.2) is 24.3 Å². The van der Waals surface area contributed by atoms with Gasteiger partial charge < -0.3 is 0 Å². The van der Waals surface area contributed by atoms with Crippen molar-refractivity contribution < 1.29 is 28.0 Å². The summed E-state index contributed by atoms with van der Waals surface area (Å²) < 4.78 is 32.6. The van der Waals surface area contributed by atoms with Crippen molar-refractivity contribution in [3.05, 3.63) is 46.5 Å². The average molecular weight is 424 g/mol. The van der Waals surface area contributed by atoms with Crippen LogP contribution in [-0.4, -0.2) is 9.79 Å². The van der Waals surface area contributed by atoms with Crippen LogP contribution < -0.4 is 9.05 Å². The van der Waals surface area contributed by atoms with Crippen LogP contribution in [0.2, 0.25) is 0 Å². The molecule has 2 atom stereocenters. The summed E-state index contributed by atoms with van der Waals surface area (Å²) in [5, 5.41) is 0. The van der Waals surface area contributed by atoms with Crippen LogP contribution >= 0.6 is 16.5 Å². The number of hydrogen-bond donors (Lipinski definition) is 2. The van der Waals surface area contributed by atoms with Crippen molar-refractivity contribution in [1.29, 1.82) is 0 Å². The van der Waals surface area contributed by atoms with E-state index in [1.165, 1.54) is 0 Å². The van der Waals surface area contributed by atoms with Crippen molar-refractivity contribution in [2.45, 2.75) is 53.4 Å². The van der Waals surface area contributed by atoms with E-state index < -0.39 is 16.5 Å². The summed E-state index contributed by atoms with van der Waals surface area (Å²) in [6.45, 7) is 8.13. The third-order valence-electron chi connectivity index (χ3n) is 4.79. The molecule has 0 fully saturated rings. The third kappa shape index (κ3) is 4.76. The number of hydrogen-bond acceptors (Lipinski definition) is 4. The summed E-state index contributed by atoms with van der Waals surface area (Å²) in [7, 11) is -5.46. The predicted octanol–water partition coefficient (Wildman–Crippen LogP) is 5.66. The van der Waals surface area contributed by atoms with Crippen LogP contribution in [0.4, 0.5) is 0 Å². The van der Waals surface area contributed by atoms with E-state index >= 15 is 0 Å². The lowest BCUT2D eigenvalue weighted by atomic mass is 9.83. The first-order chi connectivity index (χ1) is 13.4. The Kier molecular flexibility index (Phi) is 8.09. The molecule has 6 nitrogen and oxygen atoms in total. The molecule has 0 bridgehead atoms. The molecule has 8 heteroatoms. The molecule has 0 heterocycles. The van der Waals surface area contributed by atoms with Crippen molar-refractivity contribution in [3.8, 4) is 22.6 Å². The fourth-order valence-electron chi connectivity index (χ4n) is 3.78. The Labute approximate surface area is 167 Å². The lowest BCUT2D eigenvalue weighted by molar-refractivity contribution is 0.406. The lowest BCUT2D eigenvalue weighted by Crippen LogP contribution is -2.08. The zero-order valence-electron chi connectivity index (χ0n) is 16.6. The van der Waals surface area contributed by atoms with Gasteiger partial charge >= 0.3 is 16.5 Å². The maximum Gasteiger partial charge on any atom is 0.747 e. The Hall–Kier alpha value is -1.84. The quantitative estimate of drug-likeness (QED) is 0.505. The molecule has 0 amide bonds. The smallest absolute Gasteiger partial charge is 0.229 e. The van der Waals surface area contributed by atoms with Gasteiger partial charge in [0.2, 0.25) is 0 Å². The van der Waals surface area contributed by atoms with Crippen LogP contribution in [0.3, 0.4) is 0 Å². The summed E-state index contributed by atoms with van der Waals surface area (Å²) >= 11 is 0. The van der Waals surface area contributed by atoms with Gasteiger partial charge in [0.05, 0.1) is 0 Å². The molecule has 0 radical (unpaired) electrons. The van der Waals surface area contributed by atoms with E-state index in [2.05, 4.69) is 13.8 Å². The molecule has 2 aromatic carbocycles. The van der Waals surface area contributed by atoms with E-state index in [1.54, 1.807) is 12.1 Å². The summed E-state index contributed by atoms with van der Waals surface area (Å²) in [5.74, 6) is 0.857. The van der Waals surface area contributed by atoms with Crippen LogP contribution in [0.5, 0.6) is 11.5 Å². The van der Waals surface area contributed by atoms with Gasteiger partial charge in [-0.2, -0.15) is 0 Å². The molecule has 0 spiro atoms. The third-order valence-corrected chi connectivity index (χ3v) is 5.50. The monoisotopic (exact) mass is 424 g/mol. The molecule has 150 valence electrons. The molecular formula is C20H26O6P2+2. The van der Waals surface area contributed by atoms with Gasteiger partial charge in [0.25, 0.3) is 0 Å². The van der Waals surface area contributed by atoms with Gasteiger partial charge in [-0.3, -0.25) is 0 Å². The highest BCUT2D eigenvalue weighted by atomic mass is 31.1. The molecular weight excluding hydrogens is 398 g/mol. The second-order valence-corrected chi connectivity index (χ2v) is 7.53. The fourth-order valence-corrected chi connectivity index (χ4v) is 4.46. The number of benzene rings is 2. The van der Waals surface area contributed by atoms with Crippen molar-refractivity contribution in [2.24, 2.45) is 0 Å². The van der Waals surface area contributed by atoms with Gasteiger partial charge in [0.1, 0.15) is 0 Å². The van der Waals surface area contributed by atoms with Gasteiger partial charge in [-0.25, -0.2) is 9.05 Å². The molecule has 0 saturated carbocycles. The van der Waals surface area contributed by atoms with Crippen molar-refractivity contribution >= 4 is 16.5 Å². The highest BCUT2D eigenvalue weighted by molar-refractivity contribution is 7.32. The predicted molar refractivity (Wildman–Crippen MR) is 110 cm³/mol. The second-order valence-electron chi connectivity index (χ2n) is 6.22. The molecule has 2 rings (SSSR count). The highest BCUT2D eigenvalue weighted by Gasteiger charge is 2.28. The number of rotatable bonds is 9. The first kappa shape index (κ1) is 22.4. The summed E-state index contributed by atoms with van der Waals surface area (Å²) in [6.07, 6.45) is 2.85. The molecule has 28 heavy (non-hydrogen) atoms. The first-order valence-corrected chi connectivity index (χ1v) is 11.6. The Morgan fingerprint density at radius 1 is 0.714 bits per heavy atom. The van der Waals surface area contributed by atoms with Crippen molar-refractivity contribution in [2.75, 3.05) is 0 Å². The second kappa shape index (κ2) is 10.1. The molecule has 2 unspecified atom stereocenters. The molecule has 0 saturated heterocycles. The fraction of sp³-hybridized carbons (Fsp3) is 0.400. The van der Waals surface area contributed by atoms with Crippen molar-refractivity contribution in [1.82, 2.24) is 0 Å². The van der Waals surface area contributed by atoms with Crippen molar-refractivity contribution in [3.63, 3.8) is 0 Å². The van der Waals surface area contributed by atoms with E-state index in [0.29, 0.717) is 24.3 Å². The molecule has 2 N–H and O–H groups in total. The largest absolute Gasteiger partial charge is 0.747 e.